The lowest BCUT2D eigenvalue weighted by molar-refractivity contribution is 0.0970. The summed E-state index contributed by atoms with van der Waals surface area (Å²) in [6, 6.07) is 12.4. The number of nitrogens with one attached hydrogen (secondary N) is 1. The summed E-state index contributed by atoms with van der Waals surface area (Å²) in [7, 11) is 0. The molecule has 34 heavy (non-hydrogen) atoms. The van der Waals surface area contributed by atoms with Gasteiger partial charge in [-0.3, -0.25) is 9.69 Å². The molecule has 5 rings (SSSR count). The van der Waals surface area contributed by atoms with Crippen molar-refractivity contribution in [1.29, 1.82) is 0 Å². The third-order valence-corrected chi connectivity index (χ3v) is 8.03. The van der Waals surface area contributed by atoms with Gasteiger partial charge in [0.2, 0.25) is 5.56 Å². The Morgan fingerprint density at radius 3 is 2.24 bits per heavy atom. The monoisotopic (exact) mass is 483 g/mol. The maximum absolute atomic E-state index is 12.0. The lowest BCUT2D eigenvalue weighted by atomic mass is 9.60. The summed E-state index contributed by atoms with van der Waals surface area (Å²) in [6.45, 7) is 15.6. The zero-order valence-electron chi connectivity index (χ0n) is 21.4. The van der Waals surface area contributed by atoms with Crippen molar-refractivity contribution in [2.75, 3.05) is 37.6 Å². The lowest BCUT2D eigenvalue weighted by Crippen LogP contribution is -2.47. The first kappa shape index (κ1) is 25.3. The Balaban J connectivity index is 0.00000274. The van der Waals surface area contributed by atoms with E-state index in [9.17, 15) is 4.79 Å². The number of hydrogen-bond acceptors (Lipinski definition) is 3. The van der Waals surface area contributed by atoms with Gasteiger partial charge in [-0.25, -0.2) is 0 Å². The van der Waals surface area contributed by atoms with Gasteiger partial charge in [0.15, 0.2) is 0 Å². The Morgan fingerprint density at radius 1 is 0.941 bits per heavy atom. The molecule has 2 saturated carbocycles. The van der Waals surface area contributed by atoms with Crippen LogP contribution in [0.15, 0.2) is 41.2 Å². The number of benzene rings is 1. The highest BCUT2D eigenvalue weighted by Crippen LogP contribution is 2.53. The van der Waals surface area contributed by atoms with Crippen LogP contribution in [-0.2, 0) is 0 Å². The predicted molar refractivity (Wildman–Crippen MR) is 145 cm³/mol. The summed E-state index contributed by atoms with van der Waals surface area (Å²) >= 11 is 0. The predicted octanol–water partition coefficient (Wildman–Crippen LogP) is 6.32. The number of aromatic amines is 1. The first-order valence-corrected chi connectivity index (χ1v) is 13.0. The highest BCUT2D eigenvalue weighted by Gasteiger charge is 2.40. The molecule has 5 heteroatoms. The first-order valence-electron chi connectivity index (χ1n) is 13.0. The Labute approximate surface area is 211 Å². The highest BCUT2D eigenvalue weighted by atomic mass is 35.5. The van der Waals surface area contributed by atoms with Crippen molar-refractivity contribution in [2.45, 2.75) is 65.7 Å². The Bertz CT molecular complexity index is 1030. The quantitative estimate of drug-likeness (QED) is 0.541. The van der Waals surface area contributed by atoms with E-state index in [1.54, 1.807) is 6.07 Å². The minimum Gasteiger partial charge on any atom is -0.369 e. The molecule has 2 aliphatic carbocycles. The zero-order valence-corrected chi connectivity index (χ0v) is 22.2. The van der Waals surface area contributed by atoms with Gasteiger partial charge >= 0.3 is 0 Å². The topological polar surface area (TPSA) is 39.3 Å². The van der Waals surface area contributed by atoms with Gasteiger partial charge in [-0.2, -0.15) is 0 Å². The molecular formula is C29H42ClN3O. The third kappa shape index (κ3) is 5.88. The maximum atomic E-state index is 12.0. The Morgan fingerprint density at radius 2 is 1.62 bits per heavy atom. The van der Waals surface area contributed by atoms with Gasteiger partial charge in [0.05, 0.1) is 0 Å². The molecule has 1 aliphatic heterocycles. The number of H-pyrrole nitrogens is 1. The summed E-state index contributed by atoms with van der Waals surface area (Å²) in [5.74, 6) is 1.50. The van der Waals surface area contributed by atoms with Crippen molar-refractivity contribution in [2.24, 2.45) is 16.7 Å². The average Bonchev–Trinajstić information content (AvgIpc) is 3.56. The van der Waals surface area contributed by atoms with Crippen LogP contribution in [0.25, 0.3) is 11.3 Å². The first-order chi connectivity index (χ1) is 15.7. The number of aromatic nitrogens is 1. The number of halogens is 1. The van der Waals surface area contributed by atoms with Crippen LogP contribution in [0.1, 0.15) is 71.3 Å². The summed E-state index contributed by atoms with van der Waals surface area (Å²) in [6.07, 6.45) is 6.58. The van der Waals surface area contributed by atoms with Crippen molar-refractivity contribution in [3.05, 3.63) is 52.3 Å². The fraction of sp³-hybridized carbons (Fsp3) is 0.621. The molecule has 2 heterocycles. The molecule has 1 aromatic heterocycles. The van der Waals surface area contributed by atoms with E-state index in [1.165, 1.54) is 63.0 Å². The normalized spacial score (nSPS) is 22.9. The van der Waals surface area contributed by atoms with Crippen LogP contribution < -0.4 is 10.5 Å². The van der Waals surface area contributed by atoms with E-state index in [0.29, 0.717) is 16.7 Å². The minimum absolute atomic E-state index is 0. The summed E-state index contributed by atoms with van der Waals surface area (Å²) in [4.78, 5) is 20.3. The van der Waals surface area contributed by atoms with Crippen LogP contribution in [0.4, 0.5) is 5.69 Å². The van der Waals surface area contributed by atoms with Crippen LogP contribution in [-0.4, -0.2) is 42.6 Å². The number of hydrogen-bond donors (Lipinski definition) is 1. The minimum atomic E-state index is -0.0372. The van der Waals surface area contributed by atoms with Gasteiger partial charge < -0.3 is 9.88 Å². The van der Waals surface area contributed by atoms with E-state index >= 15 is 0 Å². The molecule has 0 amide bonds. The molecule has 1 saturated heterocycles. The number of nitrogens with zero attached hydrogens (tertiary/aromatic N) is 2. The van der Waals surface area contributed by atoms with Crippen molar-refractivity contribution in [3.8, 4) is 11.3 Å². The molecule has 0 radical (unpaired) electrons. The van der Waals surface area contributed by atoms with Crippen molar-refractivity contribution >= 4 is 18.1 Å². The lowest BCUT2D eigenvalue weighted by Gasteiger charge is -2.46. The largest absolute Gasteiger partial charge is 0.369 e. The molecule has 0 atom stereocenters. The van der Waals surface area contributed by atoms with Crippen LogP contribution in [0.3, 0.4) is 0 Å². The van der Waals surface area contributed by atoms with E-state index in [1.807, 2.05) is 12.1 Å². The van der Waals surface area contributed by atoms with Crippen molar-refractivity contribution in [3.63, 3.8) is 0 Å². The second-order valence-corrected chi connectivity index (χ2v) is 12.5. The van der Waals surface area contributed by atoms with Gasteiger partial charge in [-0.15, -0.1) is 12.4 Å². The van der Waals surface area contributed by atoms with Gasteiger partial charge in [0.1, 0.15) is 0 Å². The molecule has 2 aromatic rings. The Hall–Kier alpha value is -1.78. The number of rotatable bonds is 5. The molecular weight excluding hydrogens is 442 g/mol. The Kier molecular flexibility index (Phi) is 7.22. The molecule has 186 valence electrons. The van der Waals surface area contributed by atoms with E-state index in [2.05, 4.69) is 60.7 Å². The van der Waals surface area contributed by atoms with E-state index < -0.39 is 0 Å². The fourth-order valence-corrected chi connectivity index (χ4v) is 6.86. The number of pyridine rings is 1. The van der Waals surface area contributed by atoms with E-state index in [4.69, 9.17) is 0 Å². The van der Waals surface area contributed by atoms with Crippen molar-refractivity contribution in [1.82, 2.24) is 9.88 Å². The summed E-state index contributed by atoms with van der Waals surface area (Å²) in [5, 5.41) is 0. The molecule has 1 aromatic carbocycles. The third-order valence-electron chi connectivity index (χ3n) is 8.03. The highest BCUT2D eigenvalue weighted by molar-refractivity contribution is 5.85. The number of anilines is 1. The van der Waals surface area contributed by atoms with Gasteiger partial charge in [-0.1, -0.05) is 39.8 Å². The van der Waals surface area contributed by atoms with Crippen LogP contribution in [0.5, 0.6) is 0 Å². The fourth-order valence-electron chi connectivity index (χ4n) is 6.86. The van der Waals surface area contributed by atoms with E-state index in [0.717, 1.165) is 30.3 Å². The van der Waals surface area contributed by atoms with E-state index in [-0.39, 0.29) is 18.0 Å². The maximum Gasteiger partial charge on any atom is 0.248 e. The second kappa shape index (κ2) is 9.70. The van der Waals surface area contributed by atoms with Crippen LogP contribution >= 0.6 is 12.4 Å². The number of piperazine rings is 1. The zero-order chi connectivity index (χ0) is 23.2. The van der Waals surface area contributed by atoms with Crippen LogP contribution in [0, 0.1) is 16.7 Å². The van der Waals surface area contributed by atoms with Gasteiger partial charge in [0.25, 0.3) is 0 Å². The van der Waals surface area contributed by atoms with Gasteiger partial charge in [0, 0.05) is 50.2 Å². The smallest absolute Gasteiger partial charge is 0.248 e. The summed E-state index contributed by atoms with van der Waals surface area (Å²) < 4.78 is 0. The molecule has 3 aliphatic rings. The second-order valence-electron chi connectivity index (χ2n) is 12.5. The van der Waals surface area contributed by atoms with Gasteiger partial charge in [-0.05, 0) is 84.1 Å². The average molecular weight is 484 g/mol. The molecule has 4 nitrogen and oxygen atoms in total. The SMILES string of the molecule is CC1(C)CC(c2cc(-c3cccc(=O)[nH]3)ccc2N2CCN(CC3CC3)CC2)CC(C)(C)C1.Cl. The molecule has 0 unspecified atom stereocenters. The molecule has 1 N–H and O–H groups in total. The molecule has 3 fully saturated rings. The standard InChI is InChI=1S/C29H41N3O.ClH/c1-28(2)17-23(18-29(3,4)20-28)24-16-22(25-6-5-7-27(33)30-25)10-11-26(24)32-14-12-31(13-15-32)19-21-8-9-21;/h5-7,10-11,16,21,23H,8-9,12-15,17-20H2,1-4H3,(H,30,33);1H. The molecule has 0 spiro atoms. The van der Waals surface area contributed by atoms with Crippen molar-refractivity contribution < 1.29 is 0 Å². The molecule has 0 bridgehead atoms. The van der Waals surface area contributed by atoms with Crippen LogP contribution in [0.2, 0.25) is 0 Å². The summed E-state index contributed by atoms with van der Waals surface area (Å²) in [5.41, 5.74) is 5.58.